The maximum absolute atomic E-state index is 10.6. The number of aliphatic carboxylic acids is 1. The molecular formula is C18H20F3N5O4. The summed E-state index contributed by atoms with van der Waals surface area (Å²) in [5, 5.41) is 7.95. The average Bonchev–Trinajstić information content (AvgIpc) is 3.05. The van der Waals surface area contributed by atoms with E-state index in [0.717, 1.165) is 31.3 Å². The molecule has 3 aromatic rings. The predicted octanol–water partition coefficient (Wildman–Crippen LogP) is 2.53. The van der Waals surface area contributed by atoms with Crippen molar-refractivity contribution < 1.29 is 32.2 Å². The number of carboxylic acid groups (broad SMARTS) is 1. The third-order valence-corrected chi connectivity index (χ3v) is 4.52. The number of anilines is 2. The number of halogens is 3. The topological polar surface area (TPSA) is 141 Å². The molecule has 1 saturated heterocycles. The van der Waals surface area contributed by atoms with E-state index in [1.807, 2.05) is 18.2 Å². The summed E-state index contributed by atoms with van der Waals surface area (Å²) >= 11 is 0. The van der Waals surface area contributed by atoms with Crippen LogP contribution in [0, 0.1) is 0 Å². The minimum atomic E-state index is -5.08. The van der Waals surface area contributed by atoms with Crippen LogP contribution in [0.5, 0.6) is 5.75 Å². The van der Waals surface area contributed by atoms with E-state index < -0.39 is 12.1 Å². The van der Waals surface area contributed by atoms with Crippen molar-refractivity contribution in [3.63, 3.8) is 0 Å². The Bertz CT molecular complexity index is 1070. The molecule has 4 rings (SSSR count). The zero-order valence-electron chi connectivity index (χ0n) is 15.9. The molecule has 1 aromatic carbocycles. The number of rotatable bonds is 2. The van der Waals surface area contributed by atoms with Gasteiger partial charge < -0.3 is 30.6 Å². The van der Waals surface area contributed by atoms with Crippen molar-refractivity contribution in [1.82, 2.24) is 9.97 Å². The number of carboxylic acids is 1. The summed E-state index contributed by atoms with van der Waals surface area (Å²) in [5.74, 6) is -1.12. The fourth-order valence-corrected chi connectivity index (χ4v) is 3.25. The number of fused-ring (bicyclic) bond motifs is 3. The van der Waals surface area contributed by atoms with Gasteiger partial charge >= 0.3 is 12.1 Å². The number of ether oxygens (including phenoxy) is 1. The van der Waals surface area contributed by atoms with Crippen LogP contribution in [0.3, 0.4) is 0 Å². The highest BCUT2D eigenvalue weighted by atomic mass is 19.4. The van der Waals surface area contributed by atoms with Gasteiger partial charge in [0.1, 0.15) is 16.8 Å². The number of furan rings is 1. The molecule has 0 spiro atoms. The maximum atomic E-state index is 10.6. The lowest BCUT2D eigenvalue weighted by Gasteiger charge is -2.31. The normalized spacial score (nSPS) is 17.0. The first kappa shape index (κ1) is 21.4. The number of hydrogen-bond donors (Lipinski definition) is 3. The van der Waals surface area contributed by atoms with Crippen molar-refractivity contribution in [1.29, 1.82) is 0 Å². The average molecular weight is 427 g/mol. The molecule has 0 unspecified atom stereocenters. The van der Waals surface area contributed by atoms with Crippen LogP contribution < -0.4 is 21.1 Å². The number of methoxy groups -OCH3 is 1. The van der Waals surface area contributed by atoms with Gasteiger partial charge in [-0.05, 0) is 25.0 Å². The lowest BCUT2D eigenvalue weighted by atomic mass is 10.1. The van der Waals surface area contributed by atoms with Crippen LogP contribution in [0.1, 0.15) is 12.8 Å². The van der Waals surface area contributed by atoms with E-state index in [0.29, 0.717) is 28.3 Å². The predicted molar refractivity (Wildman–Crippen MR) is 103 cm³/mol. The lowest BCUT2D eigenvalue weighted by molar-refractivity contribution is -0.192. The van der Waals surface area contributed by atoms with E-state index in [2.05, 4.69) is 14.9 Å². The highest BCUT2D eigenvalue weighted by Gasteiger charge is 2.38. The molecule has 0 radical (unpaired) electrons. The molecule has 0 saturated carbocycles. The summed E-state index contributed by atoms with van der Waals surface area (Å²) in [6, 6.07) is 5.79. The van der Waals surface area contributed by atoms with E-state index in [-0.39, 0.29) is 12.0 Å². The quantitative estimate of drug-likeness (QED) is 0.562. The monoisotopic (exact) mass is 427 g/mol. The second-order valence-electron chi connectivity index (χ2n) is 6.67. The molecule has 1 atom stereocenters. The van der Waals surface area contributed by atoms with Gasteiger partial charge in [0.2, 0.25) is 5.95 Å². The number of alkyl halides is 3. The minimum absolute atomic E-state index is 0.133. The third kappa shape index (κ3) is 4.32. The molecule has 9 nitrogen and oxygen atoms in total. The van der Waals surface area contributed by atoms with Crippen molar-refractivity contribution >= 4 is 39.8 Å². The van der Waals surface area contributed by atoms with Crippen LogP contribution in [-0.2, 0) is 4.79 Å². The molecule has 30 heavy (non-hydrogen) atoms. The lowest BCUT2D eigenvalue weighted by Crippen LogP contribution is -2.43. The van der Waals surface area contributed by atoms with Gasteiger partial charge in [0, 0.05) is 19.1 Å². The summed E-state index contributed by atoms with van der Waals surface area (Å²) in [7, 11) is 1.63. The maximum Gasteiger partial charge on any atom is 0.490 e. The van der Waals surface area contributed by atoms with Crippen molar-refractivity contribution in [2.24, 2.45) is 5.73 Å². The van der Waals surface area contributed by atoms with Crippen molar-refractivity contribution in [2.45, 2.75) is 25.1 Å². The molecule has 1 aliphatic heterocycles. The summed E-state index contributed by atoms with van der Waals surface area (Å²) in [5.41, 5.74) is 14.1. The molecule has 1 fully saturated rings. The van der Waals surface area contributed by atoms with E-state index in [1.54, 1.807) is 7.11 Å². The van der Waals surface area contributed by atoms with Gasteiger partial charge in [-0.1, -0.05) is 6.07 Å². The highest BCUT2D eigenvalue weighted by Crippen LogP contribution is 2.38. The van der Waals surface area contributed by atoms with E-state index >= 15 is 0 Å². The van der Waals surface area contributed by atoms with Crippen LogP contribution in [0.15, 0.2) is 22.6 Å². The number of nitrogens with zero attached hydrogens (tertiary/aromatic N) is 3. The Labute approximate surface area is 168 Å². The van der Waals surface area contributed by atoms with Gasteiger partial charge in [0.05, 0.1) is 12.5 Å². The molecule has 12 heteroatoms. The van der Waals surface area contributed by atoms with Crippen LogP contribution in [0.2, 0.25) is 0 Å². The van der Waals surface area contributed by atoms with Gasteiger partial charge in [0.25, 0.3) is 0 Å². The summed E-state index contributed by atoms with van der Waals surface area (Å²) < 4.78 is 43.2. The van der Waals surface area contributed by atoms with Gasteiger partial charge in [-0.2, -0.15) is 18.2 Å². The first-order valence-electron chi connectivity index (χ1n) is 8.95. The van der Waals surface area contributed by atoms with Crippen molar-refractivity contribution in [3.05, 3.63) is 18.2 Å². The SMILES string of the molecule is COc1cccc2oc3c(N4CCC[C@H](N)C4)nc(N)nc3c12.O=C(O)C(F)(F)F. The second kappa shape index (κ2) is 8.22. The molecule has 1 aliphatic rings. The smallest absolute Gasteiger partial charge is 0.490 e. The number of nitrogens with two attached hydrogens (primary N) is 2. The Morgan fingerprint density at radius 1 is 1.37 bits per heavy atom. The first-order chi connectivity index (χ1) is 14.1. The van der Waals surface area contributed by atoms with Gasteiger partial charge in [-0.3, -0.25) is 0 Å². The van der Waals surface area contributed by atoms with E-state index in [1.165, 1.54) is 0 Å². The summed E-state index contributed by atoms with van der Waals surface area (Å²) in [6.07, 6.45) is -3.04. The molecule has 5 N–H and O–H groups in total. The van der Waals surface area contributed by atoms with Gasteiger partial charge in [-0.25, -0.2) is 9.78 Å². The Balaban J connectivity index is 0.000000318. The number of hydrogen-bond acceptors (Lipinski definition) is 8. The second-order valence-corrected chi connectivity index (χ2v) is 6.67. The van der Waals surface area contributed by atoms with Gasteiger partial charge in [0.15, 0.2) is 11.4 Å². The number of nitrogen functional groups attached to an aromatic ring is 1. The number of piperidine rings is 1. The molecule has 3 heterocycles. The van der Waals surface area contributed by atoms with Crippen LogP contribution in [-0.4, -0.2) is 53.5 Å². The number of carbonyl (C=O) groups is 1. The Kier molecular flexibility index (Phi) is 5.87. The number of benzene rings is 1. The first-order valence-corrected chi connectivity index (χ1v) is 8.95. The molecular weight excluding hydrogens is 407 g/mol. The Hall–Kier alpha value is -3.28. The fourth-order valence-electron chi connectivity index (χ4n) is 3.25. The fraction of sp³-hybridized carbons (Fsp3) is 0.389. The van der Waals surface area contributed by atoms with Crippen molar-refractivity contribution in [2.75, 3.05) is 30.8 Å². The molecule has 2 aromatic heterocycles. The standard InChI is InChI=1S/C16H19N5O2.C2HF3O2/c1-22-10-5-2-6-11-12(10)13-14(23-11)15(20-16(18)19-13)21-7-3-4-9(17)8-21;3-2(4,5)1(6)7/h2,5-6,9H,3-4,7-8,17H2,1H3,(H2,18,19,20);(H,6,7)/t9-;/m0./s1. The highest BCUT2D eigenvalue weighted by molar-refractivity contribution is 6.09. The van der Waals surface area contributed by atoms with E-state index in [4.69, 9.17) is 30.5 Å². The van der Waals surface area contributed by atoms with E-state index in [9.17, 15) is 13.2 Å². The van der Waals surface area contributed by atoms with Crippen LogP contribution >= 0.6 is 0 Å². The third-order valence-electron chi connectivity index (χ3n) is 4.52. The number of aromatic nitrogens is 2. The van der Waals surface area contributed by atoms with Crippen LogP contribution in [0.25, 0.3) is 22.1 Å². The van der Waals surface area contributed by atoms with Crippen molar-refractivity contribution in [3.8, 4) is 5.75 Å². The Morgan fingerprint density at radius 2 is 2.07 bits per heavy atom. The zero-order valence-corrected chi connectivity index (χ0v) is 15.9. The van der Waals surface area contributed by atoms with Crippen LogP contribution in [0.4, 0.5) is 24.9 Å². The minimum Gasteiger partial charge on any atom is -0.496 e. The molecule has 0 bridgehead atoms. The summed E-state index contributed by atoms with van der Waals surface area (Å²) in [4.78, 5) is 19.8. The molecule has 162 valence electrons. The zero-order chi connectivity index (χ0) is 22.1. The molecule has 0 amide bonds. The van der Waals surface area contributed by atoms with Gasteiger partial charge in [-0.15, -0.1) is 0 Å². The summed E-state index contributed by atoms with van der Waals surface area (Å²) in [6.45, 7) is 1.62. The largest absolute Gasteiger partial charge is 0.496 e. The Morgan fingerprint density at radius 3 is 2.67 bits per heavy atom. The molecule has 0 aliphatic carbocycles.